The number of aromatic nitrogens is 1. The maximum atomic E-state index is 13.5. The molecule has 1 heterocycles. The lowest BCUT2D eigenvalue weighted by Gasteiger charge is -2.10. The normalized spacial score (nSPS) is 10.5. The van der Waals surface area contributed by atoms with Crippen molar-refractivity contribution in [1.82, 2.24) is 4.98 Å². The van der Waals surface area contributed by atoms with Crippen molar-refractivity contribution in [2.24, 2.45) is 0 Å². The first-order valence-corrected chi connectivity index (χ1v) is 5.62. The Labute approximate surface area is 99.6 Å². The predicted octanol–water partition coefficient (Wildman–Crippen LogP) is 3.20. The molecule has 1 aromatic heterocycles. The molecule has 0 aliphatic heterocycles. The smallest absolute Gasteiger partial charge is 0.167 e. The third-order valence-electron chi connectivity index (χ3n) is 2.58. The van der Waals surface area contributed by atoms with Crippen LogP contribution >= 0.6 is 0 Å². The minimum atomic E-state index is -0.389. The first-order valence-electron chi connectivity index (χ1n) is 5.62. The molecule has 2 aromatic rings. The summed E-state index contributed by atoms with van der Waals surface area (Å²) < 4.78 is 18.5. The summed E-state index contributed by atoms with van der Waals surface area (Å²) in [6.07, 6.45) is 2.70. The van der Waals surface area contributed by atoms with E-state index in [1.807, 2.05) is 6.07 Å². The summed E-state index contributed by atoms with van der Waals surface area (Å²) in [6, 6.07) is 4.95. The van der Waals surface area contributed by atoms with Gasteiger partial charge in [-0.1, -0.05) is 6.92 Å². The molecule has 0 saturated carbocycles. The number of nitrogens with zero attached hydrogens (tertiary/aromatic N) is 1. The van der Waals surface area contributed by atoms with E-state index < -0.39 is 0 Å². The standard InChI is InChI=1S/C13H15FN2O/c1-3-5-15-11-4-6-16-12-8-10(14)13(17-2)7-9(11)12/h4,6-8H,3,5H2,1-2H3,(H,15,16). The second-order valence-electron chi connectivity index (χ2n) is 3.79. The Kier molecular flexibility index (Phi) is 3.42. The molecule has 3 nitrogen and oxygen atoms in total. The molecule has 90 valence electrons. The zero-order valence-corrected chi connectivity index (χ0v) is 9.96. The van der Waals surface area contributed by atoms with Gasteiger partial charge < -0.3 is 10.1 Å². The van der Waals surface area contributed by atoms with Crippen molar-refractivity contribution in [3.05, 3.63) is 30.2 Å². The van der Waals surface area contributed by atoms with E-state index in [0.717, 1.165) is 24.0 Å². The van der Waals surface area contributed by atoms with Crippen LogP contribution in [0.25, 0.3) is 10.9 Å². The average molecular weight is 234 g/mol. The highest BCUT2D eigenvalue weighted by Gasteiger charge is 2.08. The van der Waals surface area contributed by atoms with Crippen LogP contribution in [0.1, 0.15) is 13.3 Å². The minimum absolute atomic E-state index is 0.241. The molecule has 0 atom stereocenters. The molecule has 0 fully saturated rings. The highest BCUT2D eigenvalue weighted by Crippen LogP contribution is 2.28. The number of hydrogen-bond acceptors (Lipinski definition) is 3. The molecule has 0 radical (unpaired) electrons. The van der Waals surface area contributed by atoms with E-state index in [0.29, 0.717) is 5.52 Å². The van der Waals surface area contributed by atoms with Crippen LogP contribution in [0.2, 0.25) is 0 Å². The number of hydrogen-bond donors (Lipinski definition) is 1. The van der Waals surface area contributed by atoms with Gasteiger partial charge in [-0.25, -0.2) is 4.39 Å². The lowest BCUT2D eigenvalue weighted by atomic mass is 10.1. The van der Waals surface area contributed by atoms with Crippen molar-refractivity contribution >= 4 is 16.6 Å². The fraction of sp³-hybridized carbons (Fsp3) is 0.308. The van der Waals surface area contributed by atoms with Crippen molar-refractivity contribution in [1.29, 1.82) is 0 Å². The second kappa shape index (κ2) is 4.99. The van der Waals surface area contributed by atoms with E-state index in [2.05, 4.69) is 17.2 Å². The summed E-state index contributed by atoms with van der Waals surface area (Å²) in [7, 11) is 1.46. The number of benzene rings is 1. The van der Waals surface area contributed by atoms with Crippen molar-refractivity contribution in [2.75, 3.05) is 19.0 Å². The van der Waals surface area contributed by atoms with Gasteiger partial charge in [0.2, 0.25) is 0 Å². The Hall–Kier alpha value is -1.84. The first kappa shape index (κ1) is 11.6. The predicted molar refractivity (Wildman–Crippen MR) is 67.0 cm³/mol. The molecule has 17 heavy (non-hydrogen) atoms. The Bertz CT molecular complexity index is 528. The monoisotopic (exact) mass is 234 g/mol. The largest absolute Gasteiger partial charge is 0.494 e. The van der Waals surface area contributed by atoms with E-state index in [-0.39, 0.29) is 11.6 Å². The molecule has 2 rings (SSSR count). The number of nitrogens with one attached hydrogen (secondary N) is 1. The highest BCUT2D eigenvalue weighted by molar-refractivity contribution is 5.92. The number of methoxy groups -OCH3 is 1. The Morgan fingerprint density at radius 2 is 2.24 bits per heavy atom. The third kappa shape index (κ3) is 2.30. The Morgan fingerprint density at radius 3 is 2.94 bits per heavy atom. The summed E-state index contributed by atoms with van der Waals surface area (Å²) >= 11 is 0. The van der Waals surface area contributed by atoms with Crippen molar-refractivity contribution < 1.29 is 9.13 Å². The SMILES string of the molecule is CCCNc1ccnc2cc(F)c(OC)cc12. The van der Waals surface area contributed by atoms with Crippen LogP contribution in [0.5, 0.6) is 5.75 Å². The van der Waals surface area contributed by atoms with Crippen molar-refractivity contribution in [2.45, 2.75) is 13.3 Å². The van der Waals surface area contributed by atoms with Crippen molar-refractivity contribution in [3.8, 4) is 5.75 Å². The van der Waals surface area contributed by atoms with E-state index in [9.17, 15) is 4.39 Å². The molecule has 0 unspecified atom stereocenters. The van der Waals surface area contributed by atoms with Gasteiger partial charge in [-0.05, 0) is 18.6 Å². The lowest BCUT2D eigenvalue weighted by Crippen LogP contribution is -2.01. The molecule has 0 bridgehead atoms. The number of rotatable bonds is 4. The van der Waals surface area contributed by atoms with Crippen LogP contribution in [0, 0.1) is 5.82 Å². The van der Waals surface area contributed by atoms with Crippen LogP contribution < -0.4 is 10.1 Å². The van der Waals surface area contributed by atoms with Crippen LogP contribution in [-0.2, 0) is 0 Å². The number of fused-ring (bicyclic) bond motifs is 1. The molecule has 1 aromatic carbocycles. The number of ether oxygens (including phenoxy) is 1. The van der Waals surface area contributed by atoms with Crippen LogP contribution in [0.3, 0.4) is 0 Å². The zero-order valence-electron chi connectivity index (χ0n) is 9.96. The summed E-state index contributed by atoms with van der Waals surface area (Å²) in [5.41, 5.74) is 1.58. The van der Waals surface area contributed by atoms with Crippen LogP contribution in [-0.4, -0.2) is 18.6 Å². The quantitative estimate of drug-likeness (QED) is 0.882. The van der Waals surface area contributed by atoms with Gasteiger partial charge in [0.15, 0.2) is 11.6 Å². The Morgan fingerprint density at radius 1 is 1.41 bits per heavy atom. The molecule has 1 N–H and O–H groups in total. The summed E-state index contributed by atoms with van der Waals surface area (Å²) in [5, 5.41) is 4.16. The molecular formula is C13H15FN2O. The summed E-state index contributed by atoms with van der Waals surface area (Å²) in [4.78, 5) is 4.15. The molecule has 0 saturated heterocycles. The number of halogens is 1. The van der Waals surface area contributed by atoms with Crippen LogP contribution in [0.15, 0.2) is 24.4 Å². The fourth-order valence-corrected chi connectivity index (χ4v) is 1.72. The average Bonchev–Trinajstić information content (AvgIpc) is 2.35. The number of anilines is 1. The number of pyridine rings is 1. The summed E-state index contributed by atoms with van der Waals surface area (Å²) in [6.45, 7) is 2.97. The van der Waals surface area contributed by atoms with E-state index >= 15 is 0 Å². The molecule has 4 heteroatoms. The molecular weight excluding hydrogens is 219 g/mol. The fourth-order valence-electron chi connectivity index (χ4n) is 1.72. The van der Waals surface area contributed by atoms with Gasteiger partial charge >= 0.3 is 0 Å². The molecule has 0 aliphatic carbocycles. The topological polar surface area (TPSA) is 34.2 Å². The van der Waals surface area contributed by atoms with E-state index in [1.165, 1.54) is 13.2 Å². The Balaban J connectivity index is 2.53. The first-order chi connectivity index (χ1) is 8.26. The highest BCUT2D eigenvalue weighted by atomic mass is 19.1. The lowest BCUT2D eigenvalue weighted by molar-refractivity contribution is 0.387. The van der Waals surface area contributed by atoms with Gasteiger partial charge in [-0.15, -0.1) is 0 Å². The van der Waals surface area contributed by atoms with Gasteiger partial charge in [0, 0.05) is 29.9 Å². The van der Waals surface area contributed by atoms with Crippen molar-refractivity contribution in [3.63, 3.8) is 0 Å². The van der Waals surface area contributed by atoms with Gasteiger partial charge in [0.25, 0.3) is 0 Å². The van der Waals surface area contributed by atoms with E-state index in [4.69, 9.17) is 4.74 Å². The van der Waals surface area contributed by atoms with Gasteiger partial charge in [-0.3, -0.25) is 4.98 Å². The van der Waals surface area contributed by atoms with Gasteiger partial charge in [0.05, 0.1) is 12.6 Å². The third-order valence-corrected chi connectivity index (χ3v) is 2.58. The summed E-state index contributed by atoms with van der Waals surface area (Å²) in [5.74, 6) is -0.148. The van der Waals surface area contributed by atoms with Gasteiger partial charge in [0.1, 0.15) is 0 Å². The maximum absolute atomic E-state index is 13.5. The molecule has 0 aliphatic rings. The zero-order chi connectivity index (χ0) is 12.3. The molecule has 0 spiro atoms. The van der Waals surface area contributed by atoms with E-state index in [1.54, 1.807) is 12.3 Å². The van der Waals surface area contributed by atoms with Crippen LogP contribution in [0.4, 0.5) is 10.1 Å². The van der Waals surface area contributed by atoms with Gasteiger partial charge in [-0.2, -0.15) is 0 Å². The molecule has 0 amide bonds. The maximum Gasteiger partial charge on any atom is 0.167 e. The second-order valence-corrected chi connectivity index (χ2v) is 3.79. The minimum Gasteiger partial charge on any atom is -0.494 e.